The maximum absolute atomic E-state index is 11.4. The van der Waals surface area contributed by atoms with Crippen LogP contribution in [-0.4, -0.2) is 124 Å². The van der Waals surface area contributed by atoms with Crippen molar-refractivity contribution in [2.75, 3.05) is 26.4 Å². The van der Waals surface area contributed by atoms with Crippen molar-refractivity contribution in [2.45, 2.75) is 203 Å². The summed E-state index contributed by atoms with van der Waals surface area (Å²) in [5, 5.41) is 48.3. The Morgan fingerprint density at radius 3 is 2.42 bits per heavy atom. The lowest BCUT2D eigenvalue weighted by Gasteiger charge is -2.49. The molecule has 4 saturated heterocycles. The molecule has 0 spiro atoms. The van der Waals surface area contributed by atoms with Gasteiger partial charge in [0, 0.05) is 36.8 Å². The molecular weight excluding hydrogens is 667 g/mol. The minimum absolute atomic E-state index is 0.0126. The number of hydrogen-bond donors (Lipinski definition) is 7. The topological polar surface area (TPSA) is 157 Å². The molecule has 12 nitrogen and oxygen atoms in total. The summed E-state index contributed by atoms with van der Waals surface area (Å²) in [6.45, 7) is 9.51. The minimum Gasteiger partial charge on any atom is -0.387 e. The van der Waals surface area contributed by atoms with Crippen molar-refractivity contribution in [3.63, 3.8) is 0 Å². The summed E-state index contributed by atoms with van der Waals surface area (Å²) in [5.41, 5.74) is 6.56. The molecule has 8 aliphatic rings. The molecule has 0 amide bonds. The van der Waals surface area contributed by atoms with Gasteiger partial charge in [-0.15, -0.1) is 0 Å². The van der Waals surface area contributed by atoms with Crippen molar-refractivity contribution in [3.8, 4) is 6.07 Å². The normalized spacial score (nSPS) is 45.0. The van der Waals surface area contributed by atoms with Gasteiger partial charge in [0.15, 0.2) is 0 Å². The first-order valence-corrected chi connectivity index (χ1v) is 22.1. The number of ether oxygens (including phenoxy) is 1. The predicted octanol–water partition coefficient (Wildman–Crippen LogP) is 2.91. The number of rotatable bonds is 12. The standard InChI is InChI=1S/C41H73N9O3/c1-4-18-48-24-45-37(43)34-38(48)50(25-44-34)39-36(52)35(51)31(53-39)22-49(26(2)3)30-19-27(20-30)12-15-33-46-32-14-13-29(40(23-42)16-17-40)21-41(32,47-33)28-10-8-6-5-7-9-11-28/h26-39,44-47,51-52H,4-22,24-25,43H2,1-3H3/t27?,29?,30?,31-,32?,33?,34?,35-,36-,37?,38?,39-,41?/m1/s1. The summed E-state index contributed by atoms with van der Waals surface area (Å²) in [6, 6.07) is 4.16. The minimum atomic E-state index is -0.968. The van der Waals surface area contributed by atoms with Gasteiger partial charge in [-0.3, -0.25) is 31.1 Å². The van der Waals surface area contributed by atoms with E-state index in [1.165, 1.54) is 83.5 Å². The van der Waals surface area contributed by atoms with Crippen molar-refractivity contribution in [3.05, 3.63) is 0 Å². The summed E-state index contributed by atoms with van der Waals surface area (Å²) < 4.78 is 6.60. The zero-order valence-corrected chi connectivity index (χ0v) is 33.1. The van der Waals surface area contributed by atoms with Gasteiger partial charge < -0.3 is 20.7 Å². The Morgan fingerprint density at radius 2 is 1.72 bits per heavy atom. The average molecular weight is 740 g/mol. The number of hydrogen-bond acceptors (Lipinski definition) is 12. The van der Waals surface area contributed by atoms with Crippen LogP contribution in [0.15, 0.2) is 0 Å². The lowest BCUT2D eigenvalue weighted by Crippen LogP contribution is -2.69. The molecule has 8 fully saturated rings. The van der Waals surface area contributed by atoms with Gasteiger partial charge in [-0.2, -0.15) is 5.26 Å². The molecule has 4 heterocycles. The quantitative estimate of drug-likeness (QED) is 0.157. The van der Waals surface area contributed by atoms with E-state index in [2.05, 4.69) is 62.8 Å². The molecule has 12 heteroatoms. The fourth-order valence-corrected chi connectivity index (χ4v) is 12.5. The monoisotopic (exact) mass is 740 g/mol. The van der Waals surface area contributed by atoms with Gasteiger partial charge in [-0.1, -0.05) is 39.0 Å². The molecular formula is C41H73N9O3. The molecule has 8 rings (SSSR count). The van der Waals surface area contributed by atoms with Crippen LogP contribution in [0.4, 0.5) is 0 Å². The Labute approximate surface area is 319 Å². The first-order chi connectivity index (χ1) is 25.7. The van der Waals surface area contributed by atoms with Crippen LogP contribution in [0, 0.1) is 34.5 Å². The van der Waals surface area contributed by atoms with Crippen LogP contribution in [0.25, 0.3) is 0 Å². The van der Waals surface area contributed by atoms with E-state index in [-0.39, 0.29) is 29.3 Å². The highest BCUT2D eigenvalue weighted by molar-refractivity contribution is 5.20. The predicted molar refractivity (Wildman–Crippen MR) is 206 cm³/mol. The molecule has 7 unspecified atom stereocenters. The molecule has 0 aromatic heterocycles. The van der Waals surface area contributed by atoms with Gasteiger partial charge >= 0.3 is 0 Å². The van der Waals surface area contributed by atoms with Gasteiger partial charge in [0.2, 0.25) is 0 Å². The van der Waals surface area contributed by atoms with Gasteiger partial charge in [-0.05, 0) is 109 Å². The van der Waals surface area contributed by atoms with E-state index < -0.39 is 24.5 Å². The van der Waals surface area contributed by atoms with Crippen LogP contribution in [-0.2, 0) is 4.74 Å². The Bertz CT molecular complexity index is 1270. The van der Waals surface area contributed by atoms with E-state index >= 15 is 0 Å². The largest absolute Gasteiger partial charge is 0.387 e. The summed E-state index contributed by atoms with van der Waals surface area (Å²) >= 11 is 0. The van der Waals surface area contributed by atoms with Crippen LogP contribution in [0.5, 0.6) is 0 Å². The van der Waals surface area contributed by atoms with Gasteiger partial charge in [0.1, 0.15) is 24.5 Å². The lowest BCUT2D eigenvalue weighted by atomic mass is 9.61. The maximum atomic E-state index is 11.4. The third-order valence-corrected chi connectivity index (χ3v) is 15.7. The fraction of sp³-hybridized carbons (Fsp3) is 0.976. The highest BCUT2D eigenvalue weighted by atomic mass is 16.6. The van der Waals surface area contributed by atoms with Crippen LogP contribution < -0.4 is 27.0 Å². The van der Waals surface area contributed by atoms with Crippen molar-refractivity contribution >= 4 is 0 Å². The molecule has 11 atom stereocenters. The smallest absolute Gasteiger partial charge is 0.142 e. The molecule has 4 aliphatic carbocycles. The van der Waals surface area contributed by atoms with E-state index in [9.17, 15) is 15.5 Å². The molecule has 8 N–H and O–H groups in total. The third kappa shape index (κ3) is 7.49. The number of nitrogens with two attached hydrogens (primary N) is 1. The first kappa shape index (κ1) is 38.9. The molecule has 0 aromatic rings. The molecule has 4 aliphatic heterocycles. The fourth-order valence-electron chi connectivity index (χ4n) is 12.5. The number of fused-ring (bicyclic) bond motifs is 2. The second-order valence-corrected chi connectivity index (χ2v) is 19.2. The third-order valence-electron chi connectivity index (χ3n) is 15.7. The zero-order valence-electron chi connectivity index (χ0n) is 33.1. The number of nitrogens with zero attached hydrogens (tertiary/aromatic N) is 4. The van der Waals surface area contributed by atoms with E-state index in [0.717, 1.165) is 38.1 Å². The first-order valence-electron chi connectivity index (χ1n) is 22.1. The van der Waals surface area contributed by atoms with Crippen molar-refractivity contribution < 1.29 is 14.9 Å². The van der Waals surface area contributed by atoms with Crippen molar-refractivity contribution in [1.82, 2.24) is 36.0 Å². The molecule has 4 saturated carbocycles. The van der Waals surface area contributed by atoms with E-state index in [1.54, 1.807) is 0 Å². The Morgan fingerprint density at radius 1 is 0.962 bits per heavy atom. The summed E-state index contributed by atoms with van der Waals surface area (Å²) in [4.78, 5) is 7.09. The SMILES string of the molecule is CCCN1CNC(N)C2NCN([C@@H]3O[C@H](CN(C(C)C)C4CC(CCC5NC6CCC(C7(C#N)CC7)CC6(C6CCCCCCC6)N5)C4)[C@@H](O)[C@H]3O)C21. The second kappa shape index (κ2) is 16.1. The number of aliphatic hydroxyl groups is 2. The summed E-state index contributed by atoms with van der Waals surface area (Å²) in [7, 11) is 0. The lowest BCUT2D eigenvalue weighted by molar-refractivity contribution is -0.134. The van der Waals surface area contributed by atoms with Gasteiger partial charge in [0.05, 0.1) is 49.4 Å². The number of nitrogens with one attached hydrogen (secondary N) is 4. The van der Waals surface area contributed by atoms with E-state index in [4.69, 9.17) is 10.5 Å². The Kier molecular flexibility index (Phi) is 11.8. The molecule has 53 heavy (non-hydrogen) atoms. The summed E-state index contributed by atoms with van der Waals surface area (Å²) in [6.07, 6.45) is 18.5. The Hall–Kier alpha value is -0.950. The van der Waals surface area contributed by atoms with Crippen molar-refractivity contribution in [2.24, 2.45) is 28.9 Å². The molecule has 0 radical (unpaired) electrons. The van der Waals surface area contributed by atoms with E-state index in [0.29, 0.717) is 56.0 Å². The van der Waals surface area contributed by atoms with Crippen LogP contribution >= 0.6 is 0 Å². The second-order valence-electron chi connectivity index (χ2n) is 19.2. The van der Waals surface area contributed by atoms with Crippen LogP contribution in [0.2, 0.25) is 0 Å². The molecule has 0 bridgehead atoms. The highest BCUT2D eigenvalue weighted by Gasteiger charge is 2.60. The average Bonchev–Trinajstić information content (AvgIpc) is 3.51. The maximum Gasteiger partial charge on any atom is 0.142 e. The Balaban J connectivity index is 0.857. The van der Waals surface area contributed by atoms with Crippen LogP contribution in [0.1, 0.15) is 130 Å². The van der Waals surface area contributed by atoms with Gasteiger partial charge in [-0.25, -0.2) is 4.90 Å². The van der Waals surface area contributed by atoms with Crippen molar-refractivity contribution in [1.29, 1.82) is 5.26 Å². The number of aliphatic hydroxyl groups excluding tert-OH is 2. The van der Waals surface area contributed by atoms with Gasteiger partial charge in [0.25, 0.3) is 0 Å². The zero-order chi connectivity index (χ0) is 36.9. The highest BCUT2D eigenvalue weighted by Crippen LogP contribution is 2.59. The molecule has 0 aromatic carbocycles. The van der Waals surface area contributed by atoms with Crippen LogP contribution in [0.3, 0.4) is 0 Å². The summed E-state index contributed by atoms with van der Waals surface area (Å²) in [5.74, 6) is 1.98. The molecule has 300 valence electrons. The number of nitriles is 1. The van der Waals surface area contributed by atoms with E-state index in [1.807, 2.05) is 0 Å².